The first-order chi connectivity index (χ1) is 10.2. The van der Waals surface area contributed by atoms with Gasteiger partial charge < -0.3 is 15.0 Å². The third-order valence-corrected chi connectivity index (χ3v) is 3.83. The molecule has 0 radical (unpaired) electrons. The van der Waals surface area contributed by atoms with E-state index in [1.165, 1.54) is 5.69 Å². The molecule has 6 heteroatoms. The lowest BCUT2D eigenvalue weighted by Crippen LogP contribution is -2.58. The second-order valence-corrected chi connectivity index (χ2v) is 7.19. The predicted molar refractivity (Wildman–Crippen MR) is 85.8 cm³/mol. The Labute approximate surface area is 132 Å². The van der Waals surface area contributed by atoms with Crippen LogP contribution in [0.4, 0.5) is 4.79 Å². The van der Waals surface area contributed by atoms with Gasteiger partial charge >= 0.3 is 6.09 Å². The maximum Gasteiger partial charge on any atom is 0.410 e. The maximum absolute atomic E-state index is 12.4. The van der Waals surface area contributed by atoms with Gasteiger partial charge in [0.15, 0.2) is 0 Å². The van der Waals surface area contributed by atoms with E-state index < -0.39 is 5.60 Å². The Kier molecular flexibility index (Phi) is 4.80. The molecule has 6 nitrogen and oxygen atoms in total. The summed E-state index contributed by atoms with van der Waals surface area (Å²) in [6.45, 7) is 11.2. The average molecular weight is 308 g/mol. The van der Waals surface area contributed by atoms with Gasteiger partial charge in [-0.15, -0.1) is 0 Å². The van der Waals surface area contributed by atoms with Crippen molar-refractivity contribution in [3.63, 3.8) is 0 Å². The van der Waals surface area contributed by atoms with Gasteiger partial charge in [0.2, 0.25) is 0 Å². The van der Waals surface area contributed by atoms with Crippen molar-refractivity contribution in [3.8, 4) is 0 Å². The summed E-state index contributed by atoms with van der Waals surface area (Å²) in [5.74, 6) is 0. The van der Waals surface area contributed by atoms with Crippen molar-refractivity contribution < 1.29 is 9.53 Å². The minimum absolute atomic E-state index is 0.138. The number of piperazine rings is 1. The summed E-state index contributed by atoms with van der Waals surface area (Å²) in [6, 6.07) is 2.45. The first-order valence-corrected chi connectivity index (χ1v) is 7.88. The van der Waals surface area contributed by atoms with E-state index in [-0.39, 0.29) is 18.2 Å². The fourth-order valence-electron chi connectivity index (χ4n) is 2.75. The molecule has 1 aliphatic rings. The third-order valence-electron chi connectivity index (χ3n) is 3.83. The van der Waals surface area contributed by atoms with Gasteiger partial charge in [-0.05, 0) is 40.7 Å². The summed E-state index contributed by atoms with van der Waals surface area (Å²) < 4.78 is 7.43. The van der Waals surface area contributed by atoms with Gasteiger partial charge in [0, 0.05) is 44.3 Å². The van der Waals surface area contributed by atoms with Crippen LogP contribution in [0.25, 0.3) is 0 Å². The lowest BCUT2D eigenvalue weighted by atomic mass is 10.1. The van der Waals surface area contributed by atoms with E-state index in [9.17, 15) is 4.79 Å². The number of rotatable bonds is 2. The maximum atomic E-state index is 12.4. The Morgan fingerprint density at radius 2 is 2.18 bits per heavy atom. The molecule has 124 valence electrons. The van der Waals surface area contributed by atoms with E-state index in [2.05, 4.69) is 16.5 Å². The average Bonchev–Trinajstić information content (AvgIpc) is 2.68. The summed E-state index contributed by atoms with van der Waals surface area (Å²) in [5, 5.41) is 7.89. The molecule has 1 N–H and O–H groups in total. The van der Waals surface area contributed by atoms with Crippen LogP contribution in [-0.4, -0.2) is 51.5 Å². The zero-order valence-corrected chi connectivity index (χ0v) is 14.5. The van der Waals surface area contributed by atoms with Crippen molar-refractivity contribution in [3.05, 3.63) is 17.5 Å². The van der Waals surface area contributed by atoms with Crippen LogP contribution >= 0.6 is 0 Å². The topological polar surface area (TPSA) is 59.4 Å². The molecule has 1 aromatic heterocycles. The van der Waals surface area contributed by atoms with Gasteiger partial charge in [0.05, 0.1) is 5.69 Å². The Hall–Kier alpha value is -1.56. The lowest BCUT2D eigenvalue weighted by Gasteiger charge is -2.39. The lowest BCUT2D eigenvalue weighted by molar-refractivity contribution is 0.00960. The number of hydrogen-bond acceptors (Lipinski definition) is 4. The zero-order chi connectivity index (χ0) is 16.5. The van der Waals surface area contributed by atoms with Gasteiger partial charge in [-0.3, -0.25) is 4.68 Å². The zero-order valence-electron chi connectivity index (χ0n) is 14.5. The van der Waals surface area contributed by atoms with E-state index >= 15 is 0 Å². The minimum Gasteiger partial charge on any atom is -0.444 e. The second kappa shape index (κ2) is 6.28. The predicted octanol–water partition coefficient (Wildman–Crippen LogP) is 1.87. The third kappa shape index (κ3) is 4.22. The molecular formula is C16H28N4O2. The number of nitrogens with zero attached hydrogens (tertiary/aromatic N) is 3. The van der Waals surface area contributed by atoms with E-state index in [0.29, 0.717) is 6.54 Å². The molecule has 2 heterocycles. The molecular weight excluding hydrogens is 280 g/mol. The summed E-state index contributed by atoms with van der Waals surface area (Å²) >= 11 is 0. The van der Waals surface area contributed by atoms with Crippen molar-refractivity contribution in [2.75, 3.05) is 13.1 Å². The number of carbonyl (C=O) groups is 1. The van der Waals surface area contributed by atoms with E-state index in [1.807, 2.05) is 51.2 Å². The van der Waals surface area contributed by atoms with Crippen molar-refractivity contribution in [1.29, 1.82) is 0 Å². The molecule has 2 atom stereocenters. The standard InChI is InChI=1S/C16H28N4O2/c1-11-7-14(19(6)18-11)8-13-10-20(12(2)9-17-13)15(21)22-16(3,4)5/h7,12-13,17H,8-10H2,1-6H3/t12-,13+/m1/s1. The van der Waals surface area contributed by atoms with E-state index in [0.717, 1.165) is 18.7 Å². The van der Waals surface area contributed by atoms with Crippen LogP contribution in [0, 0.1) is 6.92 Å². The number of aryl methyl sites for hydroxylation is 2. The highest BCUT2D eigenvalue weighted by Gasteiger charge is 2.32. The molecule has 2 rings (SSSR count). The van der Waals surface area contributed by atoms with Gasteiger partial charge in [-0.2, -0.15) is 5.10 Å². The van der Waals surface area contributed by atoms with Crippen LogP contribution < -0.4 is 5.32 Å². The number of aromatic nitrogens is 2. The largest absolute Gasteiger partial charge is 0.444 e. The minimum atomic E-state index is -0.462. The SMILES string of the molecule is Cc1cc(C[C@H]2CN(C(=O)OC(C)(C)C)[C@H](C)CN2)n(C)n1. The summed E-state index contributed by atoms with van der Waals surface area (Å²) in [6.07, 6.45) is 0.622. The van der Waals surface area contributed by atoms with Crippen molar-refractivity contribution in [1.82, 2.24) is 20.0 Å². The van der Waals surface area contributed by atoms with Gasteiger partial charge in [0.25, 0.3) is 0 Å². The Bertz CT molecular complexity index is 533. The molecule has 1 aromatic rings. The van der Waals surface area contributed by atoms with Crippen molar-refractivity contribution in [2.24, 2.45) is 7.05 Å². The molecule has 0 aliphatic carbocycles. The number of nitrogens with one attached hydrogen (secondary N) is 1. The Morgan fingerprint density at radius 3 is 2.73 bits per heavy atom. The normalized spacial score (nSPS) is 22.7. The molecule has 22 heavy (non-hydrogen) atoms. The Morgan fingerprint density at radius 1 is 1.50 bits per heavy atom. The molecule has 0 spiro atoms. The van der Waals surface area contributed by atoms with Gasteiger partial charge in [-0.1, -0.05) is 0 Å². The summed E-state index contributed by atoms with van der Waals surface area (Å²) in [5.41, 5.74) is 1.73. The molecule has 1 fully saturated rings. The molecule has 1 amide bonds. The fraction of sp³-hybridized carbons (Fsp3) is 0.750. The van der Waals surface area contributed by atoms with Crippen LogP contribution in [-0.2, 0) is 18.2 Å². The smallest absolute Gasteiger partial charge is 0.410 e. The summed E-state index contributed by atoms with van der Waals surface area (Å²) in [7, 11) is 1.96. The van der Waals surface area contributed by atoms with Crippen molar-refractivity contribution in [2.45, 2.75) is 58.7 Å². The highest BCUT2D eigenvalue weighted by Crippen LogP contribution is 2.16. The van der Waals surface area contributed by atoms with E-state index in [1.54, 1.807) is 0 Å². The van der Waals surface area contributed by atoms with Crippen LogP contribution in [0.3, 0.4) is 0 Å². The molecule has 1 saturated heterocycles. The molecule has 0 unspecified atom stereocenters. The van der Waals surface area contributed by atoms with Crippen LogP contribution in [0.1, 0.15) is 39.1 Å². The highest BCUT2D eigenvalue weighted by atomic mass is 16.6. The number of amides is 1. The van der Waals surface area contributed by atoms with Crippen LogP contribution in [0.15, 0.2) is 6.07 Å². The fourth-order valence-corrected chi connectivity index (χ4v) is 2.75. The number of ether oxygens (including phenoxy) is 1. The quantitative estimate of drug-likeness (QED) is 0.906. The van der Waals surface area contributed by atoms with Crippen LogP contribution in [0.5, 0.6) is 0 Å². The first-order valence-electron chi connectivity index (χ1n) is 7.88. The van der Waals surface area contributed by atoms with Crippen molar-refractivity contribution >= 4 is 6.09 Å². The number of hydrogen-bond donors (Lipinski definition) is 1. The van der Waals surface area contributed by atoms with E-state index in [4.69, 9.17) is 4.74 Å². The molecule has 0 saturated carbocycles. The second-order valence-electron chi connectivity index (χ2n) is 7.19. The molecule has 0 aromatic carbocycles. The van der Waals surface area contributed by atoms with Gasteiger partial charge in [-0.25, -0.2) is 4.79 Å². The Balaban J connectivity index is 2.01. The summed E-state index contributed by atoms with van der Waals surface area (Å²) in [4.78, 5) is 14.2. The monoisotopic (exact) mass is 308 g/mol. The molecule has 0 bridgehead atoms. The van der Waals surface area contributed by atoms with Crippen LogP contribution in [0.2, 0.25) is 0 Å². The highest BCUT2D eigenvalue weighted by molar-refractivity contribution is 5.68. The first kappa shape index (κ1) is 16.8. The number of carbonyl (C=O) groups excluding carboxylic acids is 1. The molecule has 1 aliphatic heterocycles. The van der Waals surface area contributed by atoms with Gasteiger partial charge in [0.1, 0.15) is 5.60 Å².